The molecule has 1 aliphatic carbocycles. The molecule has 0 unspecified atom stereocenters. The van der Waals surface area contributed by atoms with Gasteiger partial charge in [0.15, 0.2) is 0 Å². The number of hydrogen-bond acceptors (Lipinski definition) is 3. The number of aromatic nitrogens is 2. The van der Waals surface area contributed by atoms with Crippen LogP contribution in [0.25, 0.3) is 0 Å². The Balaban J connectivity index is 2.03. The monoisotopic (exact) mass is 336 g/mol. The van der Waals surface area contributed by atoms with Crippen molar-refractivity contribution in [2.24, 2.45) is 4.99 Å². The molecule has 2 aromatic rings. The predicted molar refractivity (Wildman–Crippen MR) is 102 cm³/mol. The van der Waals surface area contributed by atoms with Crippen molar-refractivity contribution in [3.05, 3.63) is 58.4 Å². The van der Waals surface area contributed by atoms with Crippen LogP contribution in [0.3, 0.4) is 0 Å². The molecule has 5 heteroatoms. The van der Waals surface area contributed by atoms with Crippen LogP contribution in [0.15, 0.2) is 40.9 Å². The molecule has 25 heavy (non-hydrogen) atoms. The van der Waals surface area contributed by atoms with Gasteiger partial charge in [0, 0.05) is 18.3 Å². The van der Waals surface area contributed by atoms with Crippen LogP contribution in [0, 0.1) is 6.92 Å². The van der Waals surface area contributed by atoms with Gasteiger partial charge in [-0.2, -0.15) is 5.10 Å². The number of aliphatic imine (C=N–C) groups is 1. The number of nitrogens with zero attached hydrogens (tertiary/aromatic N) is 2. The molecule has 1 heterocycles. The molecule has 1 amide bonds. The van der Waals surface area contributed by atoms with Crippen LogP contribution in [0.4, 0.5) is 5.69 Å². The quantitative estimate of drug-likeness (QED) is 0.869. The summed E-state index contributed by atoms with van der Waals surface area (Å²) in [4.78, 5) is 17.3. The Morgan fingerprint density at radius 3 is 2.80 bits per heavy atom. The molecule has 0 aliphatic heterocycles. The number of H-pyrrole nitrogens is 1. The van der Waals surface area contributed by atoms with Crippen molar-refractivity contribution in [3.63, 3.8) is 0 Å². The maximum Gasteiger partial charge on any atom is 0.273 e. The number of anilines is 1. The highest BCUT2D eigenvalue weighted by Gasteiger charge is 2.39. The van der Waals surface area contributed by atoms with Gasteiger partial charge in [-0.3, -0.25) is 14.9 Å². The van der Waals surface area contributed by atoms with E-state index in [1.165, 1.54) is 0 Å². The van der Waals surface area contributed by atoms with Crippen molar-refractivity contribution < 1.29 is 4.79 Å². The second kappa shape index (κ2) is 6.31. The Kier molecular flexibility index (Phi) is 4.33. The zero-order valence-electron chi connectivity index (χ0n) is 15.4. The van der Waals surface area contributed by atoms with E-state index in [2.05, 4.69) is 40.4 Å². The molecule has 130 valence electrons. The van der Waals surface area contributed by atoms with Crippen molar-refractivity contribution in [3.8, 4) is 0 Å². The normalized spacial score (nSPS) is 19.1. The minimum absolute atomic E-state index is 0.174. The molecular formula is C20H24N4O. The lowest BCUT2D eigenvalue weighted by atomic mass is 9.71. The van der Waals surface area contributed by atoms with Gasteiger partial charge in [-0.05, 0) is 49.0 Å². The lowest BCUT2D eigenvalue weighted by Gasteiger charge is -2.32. The summed E-state index contributed by atoms with van der Waals surface area (Å²) in [6, 6.07) is 7.76. The zero-order chi connectivity index (χ0) is 18.2. The average molecular weight is 336 g/mol. The molecule has 0 saturated heterocycles. The Bertz CT molecular complexity index is 887. The predicted octanol–water partition coefficient (Wildman–Crippen LogP) is 4.02. The fourth-order valence-electron chi connectivity index (χ4n) is 3.54. The third-order valence-corrected chi connectivity index (χ3v) is 4.68. The first-order chi connectivity index (χ1) is 11.9. The Hall–Kier alpha value is -2.69. The summed E-state index contributed by atoms with van der Waals surface area (Å²) >= 11 is 0. The third-order valence-electron chi connectivity index (χ3n) is 4.68. The first-order valence-corrected chi connectivity index (χ1v) is 8.47. The molecule has 0 radical (unpaired) electrons. The van der Waals surface area contributed by atoms with Crippen LogP contribution in [0.5, 0.6) is 0 Å². The van der Waals surface area contributed by atoms with E-state index in [0.29, 0.717) is 5.69 Å². The lowest BCUT2D eigenvalue weighted by Crippen LogP contribution is -2.31. The number of aryl methyl sites for hydroxylation is 1. The van der Waals surface area contributed by atoms with Crippen molar-refractivity contribution in [2.45, 2.75) is 39.5 Å². The van der Waals surface area contributed by atoms with Gasteiger partial charge >= 0.3 is 0 Å². The van der Waals surface area contributed by atoms with E-state index < -0.39 is 0 Å². The molecule has 1 aromatic heterocycles. The molecule has 2 N–H and O–H groups in total. The van der Waals surface area contributed by atoms with E-state index in [4.69, 9.17) is 0 Å². The van der Waals surface area contributed by atoms with Gasteiger partial charge in [-0.15, -0.1) is 0 Å². The number of nitrogens with one attached hydrogen (secondary N) is 2. The van der Waals surface area contributed by atoms with Crippen molar-refractivity contribution in [1.29, 1.82) is 0 Å². The number of fused-ring (bicyclic) bond motifs is 1. The van der Waals surface area contributed by atoms with E-state index in [-0.39, 0.29) is 11.3 Å². The van der Waals surface area contributed by atoms with Crippen molar-refractivity contribution >= 4 is 17.3 Å². The summed E-state index contributed by atoms with van der Waals surface area (Å²) in [6.07, 6.45) is 2.90. The molecule has 0 spiro atoms. The van der Waals surface area contributed by atoms with Gasteiger partial charge in [0.1, 0.15) is 11.4 Å². The lowest BCUT2D eigenvalue weighted by molar-refractivity contribution is 0.102. The second-order valence-corrected chi connectivity index (χ2v) is 7.09. The first-order valence-electron chi connectivity index (χ1n) is 8.47. The number of aromatic amines is 1. The van der Waals surface area contributed by atoms with E-state index in [1.54, 1.807) is 7.05 Å². The fourth-order valence-corrected chi connectivity index (χ4v) is 3.54. The van der Waals surface area contributed by atoms with Crippen LogP contribution < -0.4 is 5.32 Å². The molecule has 0 saturated carbocycles. The van der Waals surface area contributed by atoms with Crippen molar-refractivity contribution in [2.75, 3.05) is 12.4 Å². The Morgan fingerprint density at radius 2 is 2.16 bits per heavy atom. The Morgan fingerprint density at radius 1 is 1.40 bits per heavy atom. The van der Waals surface area contributed by atoms with Crippen LogP contribution in [0.1, 0.15) is 54.5 Å². The maximum absolute atomic E-state index is 12.9. The third kappa shape index (κ3) is 3.02. The number of rotatable bonds is 2. The van der Waals surface area contributed by atoms with E-state index in [9.17, 15) is 4.79 Å². The average Bonchev–Trinajstić information content (AvgIpc) is 3.00. The molecule has 5 nitrogen and oxygen atoms in total. The Labute approximate surface area is 148 Å². The number of hydrogen-bond donors (Lipinski definition) is 2. The van der Waals surface area contributed by atoms with Gasteiger partial charge in [0.2, 0.25) is 0 Å². The minimum Gasteiger partial charge on any atom is -0.321 e. The van der Waals surface area contributed by atoms with Gasteiger partial charge in [0.25, 0.3) is 5.91 Å². The van der Waals surface area contributed by atoms with Gasteiger partial charge in [-0.1, -0.05) is 32.1 Å². The number of carbonyl (C=O) groups is 1. The summed E-state index contributed by atoms with van der Waals surface area (Å²) in [5.41, 5.74) is 5.93. The highest BCUT2D eigenvalue weighted by Crippen LogP contribution is 2.40. The van der Waals surface area contributed by atoms with Crippen LogP contribution in [0.2, 0.25) is 0 Å². The minimum atomic E-state index is -0.197. The van der Waals surface area contributed by atoms with E-state index >= 15 is 0 Å². The van der Waals surface area contributed by atoms with Gasteiger partial charge in [0.05, 0.1) is 5.71 Å². The molecule has 0 fully saturated rings. The zero-order valence-corrected chi connectivity index (χ0v) is 15.4. The molecule has 3 rings (SSSR count). The van der Waals surface area contributed by atoms with E-state index in [0.717, 1.165) is 40.2 Å². The summed E-state index contributed by atoms with van der Waals surface area (Å²) < 4.78 is 0. The fraction of sp³-hybridized carbons (Fsp3) is 0.350. The van der Waals surface area contributed by atoms with Crippen molar-refractivity contribution in [1.82, 2.24) is 10.2 Å². The number of benzene rings is 1. The smallest absolute Gasteiger partial charge is 0.273 e. The largest absolute Gasteiger partial charge is 0.321 e. The molecule has 0 atom stereocenters. The van der Waals surface area contributed by atoms with Crippen LogP contribution in [-0.4, -0.2) is 28.9 Å². The maximum atomic E-state index is 12.9. The highest BCUT2D eigenvalue weighted by atomic mass is 16.1. The van der Waals surface area contributed by atoms with Crippen LogP contribution >= 0.6 is 0 Å². The molecular weight excluding hydrogens is 312 g/mol. The number of allylic oxidation sites excluding steroid dienone is 2. The molecule has 0 bridgehead atoms. The number of carbonyl (C=O) groups excluding carboxylic acids is 1. The highest BCUT2D eigenvalue weighted by molar-refractivity contribution is 6.16. The summed E-state index contributed by atoms with van der Waals surface area (Å²) in [5, 5.41) is 10.3. The summed E-state index contributed by atoms with van der Waals surface area (Å²) in [6.45, 7) is 8.29. The van der Waals surface area contributed by atoms with Gasteiger partial charge in [-0.25, -0.2) is 0 Å². The topological polar surface area (TPSA) is 70.1 Å². The molecule has 1 aliphatic rings. The summed E-state index contributed by atoms with van der Waals surface area (Å²) in [5.74, 6) is -0.174. The second-order valence-electron chi connectivity index (χ2n) is 7.09. The SMILES string of the molecule is C/C=C1/CC(C)(C)c2c(n[nH]c2C(=O)Nc2cccc(C)c2)C1=NC. The number of amides is 1. The van der Waals surface area contributed by atoms with Crippen LogP contribution in [-0.2, 0) is 5.41 Å². The standard InChI is InChI=1S/C20H24N4O/c1-6-13-11-20(3,4)15-17(16(13)21-5)23-24-18(15)19(25)22-14-9-7-8-12(2)10-14/h6-10H,11H2,1-5H3,(H,22,25)(H,23,24)/b13-6-,21-16?. The first kappa shape index (κ1) is 17.1. The summed E-state index contributed by atoms with van der Waals surface area (Å²) in [7, 11) is 1.77. The van der Waals surface area contributed by atoms with Gasteiger partial charge < -0.3 is 5.32 Å². The molecule has 1 aromatic carbocycles. The van der Waals surface area contributed by atoms with E-state index in [1.807, 2.05) is 38.1 Å².